The maximum Gasteiger partial charge on any atom is 0.142 e. The maximum absolute atomic E-state index is 12.4. The van der Waals surface area contributed by atoms with Gasteiger partial charge in [0.2, 0.25) is 0 Å². The standard InChI is InChI=1S/C20H17N3OS/c21-13-19-10-5-11-20(23-19)22-18-9-4-8-17(12-18)15-25(24)14-16-6-2-1-3-7-16/h1-12H,14-15H2,(H,22,23). The van der Waals surface area contributed by atoms with E-state index >= 15 is 0 Å². The number of rotatable bonds is 6. The van der Waals surface area contributed by atoms with Crippen molar-refractivity contribution in [2.45, 2.75) is 11.5 Å². The van der Waals surface area contributed by atoms with Crippen LogP contribution in [0, 0.1) is 11.3 Å². The van der Waals surface area contributed by atoms with E-state index in [9.17, 15) is 4.21 Å². The molecule has 2 aromatic carbocycles. The third kappa shape index (κ3) is 5.00. The molecule has 1 unspecified atom stereocenters. The Labute approximate surface area is 149 Å². The molecular formula is C20H17N3OS. The van der Waals surface area contributed by atoms with Gasteiger partial charge in [0.05, 0.1) is 0 Å². The SMILES string of the molecule is N#Cc1cccc(Nc2cccc(CS(=O)Cc3ccccc3)c2)n1. The average molecular weight is 347 g/mol. The Balaban J connectivity index is 1.67. The van der Waals surface area contributed by atoms with Crippen LogP contribution < -0.4 is 5.32 Å². The van der Waals surface area contributed by atoms with E-state index in [1.807, 2.05) is 60.7 Å². The normalized spacial score (nSPS) is 11.5. The number of benzene rings is 2. The minimum absolute atomic E-state index is 0.366. The van der Waals surface area contributed by atoms with Crippen LogP contribution in [0.5, 0.6) is 0 Å². The van der Waals surface area contributed by atoms with Gasteiger partial charge >= 0.3 is 0 Å². The first-order valence-corrected chi connectivity index (χ1v) is 9.34. The summed E-state index contributed by atoms with van der Waals surface area (Å²) < 4.78 is 12.4. The van der Waals surface area contributed by atoms with Crippen molar-refractivity contribution < 1.29 is 4.21 Å². The topological polar surface area (TPSA) is 65.8 Å². The summed E-state index contributed by atoms with van der Waals surface area (Å²) in [6.45, 7) is 0. The highest BCUT2D eigenvalue weighted by molar-refractivity contribution is 7.83. The van der Waals surface area contributed by atoms with E-state index in [0.29, 0.717) is 23.0 Å². The molecule has 25 heavy (non-hydrogen) atoms. The van der Waals surface area contributed by atoms with E-state index in [0.717, 1.165) is 16.8 Å². The van der Waals surface area contributed by atoms with E-state index in [4.69, 9.17) is 5.26 Å². The zero-order valence-electron chi connectivity index (χ0n) is 13.6. The second-order valence-electron chi connectivity index (χ2n) is 5.56. The highest BCUT2D eigenvalue weighted by Crippen LogP contribution is 2.18. The molecule has 0 spiro atoms. The lowest BCUT2D eigenvalue weighted by atomic mass is 10.2. The molecule has 3 rings (SSSR count). The molecule has 1 N–H and O–H groups in total. The van der Waals surface area contributed by atoms with Crippen molar-refractivity contribution >= 4 is 22.3 Å². The molecule has 1 heterocycles. The van der Waals surface area contributed by atoms with Gasteiger partial charge in [-0.05, 0) is 35.4 Å². The van der Waals surface area contributed by atoms with Crippen LogP contribution >= 0.6 is 0 Å². The highest BCUT2D eigenvalue weighted by Gasteiger charge is 2.05. The smallest absolute Gasteiger partial charge is 0.142 e. The Kier molecular flexibility index (Phi) is 5.55. The lowest BCUT2D eigenvalue weighted by Gasteiger charge is -2.08. The second-order valence-corrected chi connectivity index (χ2v) is 7.02. The number of hydrogen-bond donors (Lipinski definition) is 1. The number of nitrogens with one attached hydrogen (secondary N) is 1. The zero-order chi connectivity index (χ0) is 17.5. The minimum Gasteiger partial charge on any atom is -0.340 e. The van der Waals surface area contributed by atoms with Crippen LogP contribution in [0.15, 0.2) is 72.8 Å². The zero-order valence-corrected chi connectivity index (χ0v) is 14.4. The number of nitriles is 1. The van der Waals surface area contributed by atoms with Crippen molar-refractivity contribution in [2.24, 2.45) is 0 Å². The average Bonchev–Trinajstić information content (AvgIpc) is 2.63. The van der Waals surface area contributed by atoms with Gasteiger partial charge in [-0.25, -0.2) is 4.98 Å². The molecule has 3 aromatic rings. The molecule has 124 valence electrons. The van der Waals surface area contributed by atoms with Gasteiger partial charge in [-0.2, -0.15) is 5.26 Å². The summed E-state index contributed by atoms with van der Waals surface area (Å²) in [4.78, 5) is 4.20. The fraction of sp³-hybridized carbons (Fsp3) is 0.100. The van der Waals surface area contributed by atoms with Crippen LogP contribution in [0.25, 0.3) is 0 Å². The van der Waals surface area contributed by atoms with E-state index in [1.54, 1.807) is 18.2 Å². The molecule has 0 amide bonds. The van der Waals surface area contributed by atoms with Crippen molar-refractivity contribution in [2.75, 3.05) is 5.32 Å². The van der Waals surface area contributed by atoms with E-state index in [1.165, 1.54) is 0 Å². The molecule has 0 aliphatic heterocycles. The molecule has 0 saturated heterocycles. The van der Waals surface area contributed by atoms with Crippen LogP contribution in [0.3, 0.4) is 0 Å². The number of nitrogens with zero attached hydrogens (tertiary/aromatic N) is 2. The molecule has 4 nitrogen and oxygen atoms in total. The van der Waals surface area contributed by atoms with Crippen molar-refractivity contribution in [1.29, 1.82) is 5.26 Å². The number of pyridine rings is 1. The molecule has 0 radical (unpaired) electrons. The summed E-state index contributed by atoms with van der Waals surface area (Å²) in [5, 5.41) is 12.1. The third-order valence-electron chi connectivity index (χ3n) is 3.56. The van der Waals surface area contributed by atoms with Gasteiger partial charge < -0.3 is 5.32 Å². The summed E-state index contributed by atoms with van der Waals surface area (Å²) in [6, 6.07) is 24.9. The molecule has 0 aliphatic rings. The number of aromatic nitrogens is 1. The molecule has 5 heteroatoms. The first-order chi connectivity index (χ1) is 12.2. The Morgan fingerprint density at radius 2 is 1.64 bits per heavy atom. The van der Waals surface area contributed by atoms with Crippen LogP contribution in [0.1, 0.15) is 16.8 Å². The van der Waals surface area contributed by atoms with E-state index < -0.39 is 10.8 Å². The number of anilines is 2. The van der Waals surface area contributed by atoms with Crippen molar-refractivity contribution in [1.82, 2.24) is 4.98 Å². The van der Waals surface area contributed by atoms with Crippen LogP contribution in [-0.4, -0.2) is 9.19 Å². The summed E-state index contributed by atoms with van der Waals surface area (Å²) in [7, 11) is -0.968. The summed E-state index contributed by atoms with van der Waals surface area (Å²) >= 11 is 0. The van der Waals surface area contributed by atoms with E-state index in [-0.39, 0.29) is 0 Å². The van der Waals surface area contributed by atoms with E-state index in [2.05, 4.69) is 10.3 Å². The van der Waals surface area contributed by atoms with Gasteiger partial charge in [0, 0.05) is 28.0 Å². The van der Waals surface area contributed by atoms with Gasteiger partial charge in [0.15, 0.2) is 0 Å². The molecule has 0 fully saturated rings. The van der Waals surface area contributed by atoms with Crippen molar-refractivity contribution in [3.05, 3.63) is 89.6 Å². The van der Waals surface area contributed by atoms with Gasteiger partial charge in [0.25, 0.3) is 0 Å². The van der Waals surface area contributed by atoms with Gasteiger partial charge in [-0.1, -0.05) is 48.5 Å². The fourth-order valence-corrected chi connectivity index (χ4v) is 3.67. The summed E-state index contributed by atoms with van der Waals surface area (Å²) in [5.41, 5.74) is 3.30. The highest BCUT2D eigenvalue weighted by atomic mass is 32.2. The van der Waals surface area contributed by atoms with Crippen molar-refractivity contribution in [3.8, 4) is 6.07 Å². The molecule has 1 aromatic heterocycles. The summed E-state index contributed by atoms with van der Waals surface area (Å²) in [5.74, 6) is 1.65. The summed E-state index contributed by atoms with van der Waals surface area (Å²) in [6.07, 6.45) is 0. The van der Waals surface area contributed by atoms with Gasteiger partial charge in [0.1, 0.15) is 17.6 Å². The molecule has 0 saturated carbocycles. The number of hydrogen-bond acceptors (Lipinski definition) is 4. The quantitative estimate of drug-likeness (QED) is 0.727. The second kappa shape index (κ2) is 8.22. The molecule has 0 aliphatic carbocycles. The van der Waals surface area contributed by atoms with Crippen LogP contribution in [0.4, 0.5) is 11.5 Å². The van der Waals surface area contributed by atoms with Gasteiger partial charge in [-0.15, -0.1) is 0 Å². The Hall–Kier alpha value is -2.97. The monoisotopic (exact) mass is 347 g/mol. The van der Waals surface area contributed by atoms with Crippen LogP contribution in [0.2, 0.25) is 0 Å². The predicted molar refractivity (Wildman–Crippen MR) is 101 cm³/mol. The first kappa shape index (κ1) is 16.9. The maximum atomic E-state index is 12.4. The fourth-order valence-electron chi connectivity index (χ4n) is 2.45. The molecular weight excluding hydrogens is 330 g/mol. The van der Waals surface area contributed by atoms with Crippen molar-refractivity contribution in [3.63, 3.8) is 0 Å². The predicted octanol–water partition coefficient (Wildman–Crippen LogP) is 4.15. The Morgan fingerprint density at radius 1 is 0.920 bits per heavy atom. The largest absolute Gasteiger partial charge is 0.340 e. The van der Waals surface area contributed by atoms with Crippen LogP contribution in [-0.2, 0) is 22.3 Å². The lowest BCUT2D eigenvalue weighted by molar-refractivity contribution is 0.682. The lowest BCUT2D eigenvalue weighted by Crippen LogP contribution is -2.00. The Bertz CT molecular complexity index is 919. The molecule has 1 atom stereocenters. The Morgan fingerprint density at radius 3 is 2.44 bits per heavy atom. The molecule has 0 bridgehead atoms. The minimum atomic E-state index is -0.968. The van der Waals surface area contributed by atoms with Gasteiger partial charge in [-0.3, -0.25) is 4.21 Å². The first-order valence-electron chi connectivity index (χ1n) is 7.85. The third-order valence-corrected chi connectivity index (χ3v) is 4.87.